The number of nitrogens with zero attached hydrogens (tertiary/aromatic N) is 3. The number of hydrogen-bond donors (Lipinski definition) is 0. The zero-order valence-corrected chi connectivity index (χ0v) is 14.0. The normalized spacial score (nSPS) is 28.1. The Hall–Kier alpha value is -0.970. The third-order valence-electron chi connectivity index (χ3n) is 5.05. The van der Waals surface area contributed by atoms with Gasteiger partial charge in [0, 0.05) is 43.8 Å². The van der Waals surface area contributed by atoms with Crippen molar-refractivity contribution < 1.29 is 4.74 Å². The molecule has 2 saturated heterocycles. The molecule has 1 spiro atoms. The minimum Gasteiger partial charge on any atom is -0.379 e. The third kappa shape index (κ3) is 3.86. The molecule has 1 atom stereocenters. The molecule has 0 bridgehead atoms. The van der Waals surface area contributed by atoms with E-state index in [2.05, 4.69) is 40.8 Å². The number of hydrogen-bond acceptors (Lipinski definition) is 4. The summed E-state index contributed by atoms with van der Waals surface area (Å²) in [4.78, 5) is 9.65. The first kappa shape index (κ1) is 15.9. The van der Waals surface area contributed by atoms with Gasteiger partial charge in [0.15, 0.2) is 0 Å². The lowest BCUT2D eigenvalue weighted by molar-refractivity contribution is 0.000613. The van der Waals surface area contributed by atoms with E-state index in [4.69, 9.17) is 4.74 Å². The molecule has 0 radical (unpaired) electrons. The van der Waals surface area contributed by atoms with Crippen molar-refractivity contribution in [2.45, 2.75) is 39.3 Å². The van der Waals surface area contributed by atoms with Crippen LogP contribution in [0.3, 0.4) is 0 Å². The highest BCUT2D eigenvalue weighted by molar-refractivity contribution is 5.04. The standard InChI is InChI=1S/C18H29N3O/c1-16(2)21-10-11-22-15-18(14-21)7-5-9-20(13-18)12-17-6-3-4-8-19-17/h3-4,6,8,16H,5,7,9-15H2,1-2H3/t18-/m1/s1. The van der Waals surface area contributed by atoms with Crippen molar-refractivity contribution in [3.63, 3.8) is 0 Å². The van der Waals surface area contributed by atoms with Gasteiger partial charge in [0.1, 0.15) is 0 Å². The molecule has 0 N–H and O–H groups in total. The molecule has 3 rings (SSSR count). The van der Waals surface area contributed by atoms with Gasteiger partial charge in [0.05, 0.1) is 18.9 Å². The monoisotopic (exact) mass is 303 g/mol. The van der Waals surface area contributed by atoms with Crippen LogP contribution >= 0.6 is 0 Å². The Bertz CT molecular complexity index is 465. The minimum absolute atomic E-state index is 0.299. The van der Waals surface area contributed by atoms with E-state index in [9.17, 15) is 0 Å². The highest BCUT2D eigenvalue weighted by atomic mass is 16.5. The number of pyridine rings is 1. The first-order valence-electron chi connectivity index (χ1n) is 8.61. The fraction of sp³-hybridized carbons (Fsp3) is 0.722. The average Bonchev–Trinajstić information content (AvgIpc) is 2.71. The number of likely N-dealkylation sites (tertiary alicyclic amines) is 1. The van der Waals surface area contributed by atoms with Crippen molar-refractivity contribution in [3.05, 3.63) is 30.1 Å². The molecule has 0 saturated carbocycles. The number of ether oxygens (including phenoxy) is 1. The van der Waals surface area contributed by atoms with E-state index in [1.807, 2.05) is 12.3 Å². The van der Waals surface area contributed by atoms with E-state index >= 15 is 0 Å². The Morgan fingerprint density at radius 3 is 2.95 bits per heavy atom. The predicted molar refractivity (Wildman–Crippen MR) is 88.7 cm³/mol. The summed E-state index contributed by atoms with van der Waals surface area (Å²) in [5.74, 6) is 0. The molecule has 0 unspecified atom stereocenters. The SMILES string of the molecule is CC(C)N1CCOC[C@@]2(CCCN(Cc3ccccn3)C2)C1. The molecule has 1 aromatic rings. The fourth-order valence-electron chi connectivity index (χ4n) is 3.88. The van der Waals surface area contributed by atoms with Gasteiger partial charge in [-0.3, -0.25) is 14.8 Å². The summed E-state index contributed by atoms with van der Waals surface area (Å²) in [6.07, 6.45) is 4.45. The molecule has 2 aliphatic rings. The Labute approximate surface area is 134 Å². The summed E-state index contributed by atoms with van der Waals surface area (Å²) in [5, 5.41) is 0. The van der Waals surface area contributed by atoms with Crippen LogP contribution in [0.1, 0.15) is 32.4 Å². The Balaban J connectivity index is 1.68. The van der Waals surface area contributed by atoms with Crippen molar-refractivity contribution >= 4 is 0 Å². The molecule has 0 aliphatic carbocycles. The molecule has 0 amide bonds. The summed E-state index contributed by atoms with van der Waals surface area (Å²) in [6.45, 7) is 11.9. The second-order valence-corrected chi connectivity index (χ2v) is 7.25. The van der Waals surface area contributed by atoms with Gasteiger partial charge >= 0.3 is 0 Å². The summed E-state index contributed by atoms with van der Waals surface area (Å²) in [6, 6.07) is 6.80. The smallest absolute Gasteiger partial charge is 0.0593 e. The van der Waals surface area contributed by atoms with Gasteiger partial charge < -0.3 is 4.74 Å². The van der Waals surface area contributed by atoms with E-state index in [0.717, 1.165) is 32.8 Å². The maximum Gasteiger partial charge on any atom is 0.0593 e. The molecule has 2 fully saturated rings. The molecule has 4 heteroatoms. The van der Waals surface area contributed by atoms with Crippen LogP contribution in [0.5, 0.6) is 0 Å². The van der Waals surface area contributed by atoms with Gasteiger partial charge in [-0.05, 0) is 45.4 Å². The van der Waals surface area contributed by atoms with Crippen LogP contribution in [0.25, 0.3) is 0 Å². The fourth-order valence-corrected chi connectivity index (χ4v) is 3.88. The van der Waals surface area contributed by atoms with E-state index in [0.29, 0.717) is 11.5 Å². The lowest BCUT2D eigenvalue weighted by atomic mass is 9.79. The van der Waals surface area contributed by atoms with Gasteiger partial charge in [0.25, 0.3) is 0 Å². The lowest BCUT2D eigenvalue weighted by Crippen LogP contribution is -2.51. The van der Waals surface area contributed by atoms with Crippen LogP contribution < -0.4 is 0 Å². The lowest BCUT2D eigenvalue weighted by Gasteiger charge is -2.44. The zero-order chi connectivity index (χ0) is 15.4. The zero-order valence-electron chi connectivity index (χ0n) is 14.0. The minimum atomic E-state index is 0.299. The van der Waals surface area contributed by atoms with Crippen LogP contribution in [0.15, 0.2) is 24.4 Å². The third-order valence-corrected chi connectivity index (χ3v) is 5.05. The highest BCUT2D eigenvalue weighted by Gasteiger charge is 2.39. The Morgan fingerprint density at radius 1 is 1.27 bits per heavy atom. The quantitative estimate of drug-likeness (QED) is 0.857. The molecule has 1 aromatic heterocycles. The second-order valence-electron chi connectivity index (χ2n) is 7.25. The number of piperidine rings is 1. The van der Waals surface area contributed by atoms with E-state index < -0.39 is 0 Å². The number of aromatic nitrogens is 1. The first-order valence-corrected chi connectivity index (χ1v) is 8.61. The van der Waals surface area contributed by atoms with Crippen LogP contribution in [0.2, 0.25) is 0 Å². The number of rotatable bonds is 3. The van der Waals surface area contributed by atoms with Crippen molar-refractivity contribution in [2.75, 3.05) is 39.4 Å². The maximum atomic E-state index is 5.98. The second kappa shape index (κ2) is 7.07. The molecule has 22 heavy (non-hydrogen) atoms. The van der Waals surface area contributed by atoms with E-state index in [1.165, 1.54) is 31.6 Å². The molecule has 3 heterocycles. The van der Waals surface area contributed by atoms with Crippen molar-refractivity contribution in [1.82, 2.24) is 14.8 Å². The van der Waals surface area contributed by atoms with Crippen LogP contribution in [-0.2, 0) is 11.3 Å². The van der Waals surface area contributed by atoms with Crippen LogP contribution in [0.4, 0.5) is 0 Å². The maximum absolute atomic E-state index is 5.98. The van der Waals surface area contributed by atoms with Crippen LogP contribution in [0, 0.1) is 5.41 Å². The molecule has 0 aromatic carbocycles. The van der Waals surface area contributed by atoms with Gasteiger partial charge in [-0.2, -0.15) is 0 Å². The van der Waals surface area contributed by atoms with Crippen LogP contribution in [-0.4, -0.2) is 60.2 Å². The predicted octanol–water partition coefficient (Wildman–Crippen LogP) is 2.40. The molecule has 4 nitrogen and oxygen atoms in total. The van der Waals surface area contributed by atoms with Gasteiger partial charge in [-0.1, -0.05) is 6.07 Å². The van der Waals surface area contributed by atoms with Crippen molar-refractivity contribution in [2.24, 2.45) is 5.41 Å². The van der Waals surface area contributed by atoms with E-state index in [1.54, 1.807) is 0 Å². The summed E-state index contributed by atoms with van der Waals surface area (Å²) in [5.41, 5.74) is 1.48. The Morgan fingerprint density at radius 2 is 2.18 bits per heavy atom. The topological polar surface area (TPSA) is 28.6 Å². The summed E-state index contributed by atoms with van der Waals surface area (Å²) < 4.78 is 5.98. The van der Waals surface area contributed by atoms with Crippen molar-refractivity contribution in [1.29, 1.82) is 0 Å². The molecule has 122 valence electrons. The molecular weight excluding hydrogens is 274 g/mol. The Kier molecular flexibility index (Phi) is 5.11. The van der Waals surface area contributed by atoms with Gasteiger partial charge in [0.2, 0.25) is 0 Å². The van der Waals surface area contributed by atoms with Crippen molar-refractivity contribution in [3.8, 4) is 0 Å². The van der Waals surface area contributed by atoms with Gasteiger partial charge in [-0.15, -0.1) is 0 Å². The highest BCUT2D eigenvalue weighted by Crippen LogP contribution is 2.34. The first-order chi connectivity index (χ1) is 10.7. The summed E-state index contributed by atoms with van der Waals surface area (Å²) >= 11 is 0. The average molecular weight is 303 g/mol. The molecular formula is C18H29N3O. The molecule has 2 aliphatic heterocycles. The van der Waals surface area contributed by atoms with E-state index in [-0.39, 0.29) is 0 Å². The largest absolute Gasteiger partial charge is 0.379 e. The van der Waals surface area contributed by atoms with Gasteiger partial charge in [-0.25, -0.2) is 0 Å². The summed E-state index contributed by atoms with van der Waals surface area (Å²) in [7, 11) is 0.